The van der Waals surface area contributed by atoms with Crippen LogP contribution in [0.3, 0.4) is 0 Å². The lowest BCUT2D eigenvalue weighted by Gasteiger charge is -2.19. The van der Waals surface area contributed by atoms with Crippen molar-refractivity contribution in [3.63, 3.8) is 0 Å². The molecule has 0 aliphatic carbocycles. The number of aliphatic imine (C=N–C) groups is 1. The number of carbonyl (C=O) groups excluding carboxylic acids is 5. The molecule has 39 heavy (non-hydrogen) atoms. The van der Waals surface area contributed by atoms with E-state index in [1.165, 1.54) is 0 Å². The molecule has 1 unspecified atom stereocenters. The maximum Gasteiger partial charge on any atom is 0.305 e. The molecule has 9 N–H and O–H groups in total. The highest BCUT2D eigenvalue weighted by Crippen LogP contribution is 2.06. The van der Waals surface area contributed by atoms with Gasteiger partial charge in [-0.25, -0.2) is 0 Å². The van der Waals surface area contributed by atoms with E-state index in [0.29, 0.717) is 38.9 Å². The topological polar surface area (TPSA) is 247 Å². The molecule has 1 atom stereocenters. The molecular weight excluding hydrogens is 514 g/mol. The smallest absolute Gasteiger partial charge is 0.305 e. The summed E-state index contributed by atoms with van der Waals surface area (Å²) in [5.41, 5.74) is 10.4. The van der Waals surface area contributed by atoms with Gasteiger partial charge in [-0.05, 0) is 25.7 Å². The van der Waals surface area contributed by atoms with Gasteiger partial charge in [-0.3, -0.25) is 29.0 Å². The number of nitrogens with zero attached hydrogens (tertiary/aromatic N) is 2. The Bertz CT molecular complexity index is 753. The third kappa shape index (κ3) is 24.3. The van der Waals surface area contributed by atoms with Gasteiger partial charge in [0, 0.05) is 39.6 Å². The van der Waals surface area contributed by atoms with E-state index in [2.05, 4.69) is 20.9 Å². The summed E-state index contributed by atoms with van der Waals surface area (Å²) in [7, 11) is 1.00. The number of aliphatic hydroxyl groups excluding tert-OH is 1. The number of rotatable bonds is 14. The maximum absolute atomic E-state index is 12.2. The van der Waals surface area contributed by atoms with Gasteiger partial charge >= 0.3 is 5.97 Å². The number of carbonyl (C=O) groups is 6. The molecular formula is C24H47N7O8. The Labute approximate surface area is 230 Å². The van der Waals surface area contributed by atoms with Crippen LogP contribution in [0.4, 0.5) is 0 Å². The van der Waals surface area contributed by atoms with Crippen LogP contribution in [0.1, 0.15) is 65.7 Å². The maximum atomic E-state index is 12.2. The van der Waals surface area contributed by atoms with Crippen molar-refractivity contribution in [2.45, 2.75) is 71.8 Å². The third-order valence-corrected chi connectivity index (χ3v) is 4.62. The van der Waals surface area contributed by atoms with Gasteiger partial charge in [-0.1, -0.05) is 20.8 Å². The predicted molar refractivity (Wildman–Crippen MR) is 146 cm³/mol. The number of hydrogen-bond acceptors (Lipinski definition) is 8. The van der Waals surface area contributed by atoms with Crippen LogP contribution in [0.25, 0.3) is 0 Å². The molecule has 1 aliphatic rings. The van der Waals surface area contributed by atoms with Gasteiger partial charge in [0.05, 0.1) is 19.5 Å². The van der Waals surface area contributed by atoms with Crippen molar-refractivity contribution in [3.05, 3.63) is 0 Å². The number of carboxylic acid groups (broad SMARTS) is 1. The van der Waals surface area contributed by atoms with E-state index >= 15 is 0 Å². The van der Waals surface area contributed by atoms with Crippen molar-refractivity contribution in [1.29, 1.82) is 0 Å². The standard InChI is InChI=1S/C18H31N7O6.C3H6O.C2H6.CH4O/c19-18(20)21-6-2-1-5-13(26)22-10-14(27)24-12(9-16(29)30)17(31)23-11-15(28)25-7-3-4-8-25;1-2-3-4;2*1-2/h12H,1-11H2,(H,22,26)(H,23,31)(H,24,27)(H,29,30)(H4,19,20,21);3H,2H2,1H3;1-2H3;2H,1H3. The first kappa shape index (κ1) is 39.8. The Kier molecular flexibility index (Phi) is 27.8. The monoisotopic (exact) mass is 561 g/mol. The second-order valence-corrected chi connectivity index (χ2v) is 7.64. The van der Waals surface area contributed by atoms with Crippen molar-refractivity contribution in [1.82, 2.24) is 20.9 Å². The van der Waals surface area contributed by atoms with E-state index in [1.54, 1.807) is 4.90 Å². The predicted octanol–water partition coefficient (Wildman–Crippen LogP) is -1.53. The second-order valence-electron chi connectivity index (χ2n) is 7.64. The largest absolute Gasteiger partial charge is 0.481 e. The van der Waals surface area contributed by atoms with Crippen LogP contribution in [0, 0.1) is 0 Å². The molecule has 0 saturated carbocycles. The molecule has 0 spiro atoms. The average Bonchev–Trinajstić information content (AvgIpc) is 3.47. The van der Waals surface area contributed by atoms with E-state index in [0.717, 1.165) is 26.2 Å². The number of nitrogens with two attached hydrogens (primary N) is 2. The van der Waals surface area contributed by atoms with Gasteiger partial charge in [0.1, 0.15) is 12.3 Å². The van der Waals surface area contributed by atoms with Crippen molar-refractivity contribution < 1.29 is 39.0 Å². The van der Waals surface area contributed by atoms with E-state index in [1.807, 2.05) is 20.8 Å². The van der Waals surface area contributed by atoms with Crippen LogP contribution < -0.4 is 27.4 Å². The van der Waals surface area contributed by atoms with E-state index < -0.39 is 36.8 Å². The Morgan fingerprint density at radius 1 is 0.974 bits per heavy atom. The van der Waals surface area contributed by atoms with Crippen LogP contribution in [0.2, 0.25) is 0 Å². The summed E-state index contributed by atoms with van der Waals surface area (Å²) in [5.74, 6) is -3.47. The summed E-state index contributed by atoms with van der Waals surface area (Å²) in [4.78, 5) is 73.6. The molecule has 0 aromatic rings. The first-order chi connectivity index (χ1) is 18.6. The normalized spacial score (nSPS) is 11.9. The van der Waals surface area contributed by atoms with Crippen LogP contribution in [0.5, 0.6) is 0 Å². The number of nitrogens with one attached hydrogen (secondary N) is 3. The number of guanidine groups is 1. The molecule has 0 aromatic heterocycles. The summed E-state index contributed by atoms with van der Waals surface area (Å²) in [6, 6.07) is -1.37. The molecule has 15 heteroatoms. The number of aliphatic hydroxyl groups is 1. The molecule has 1 rings (SSSR count). The Balaban J connectivity index is -0.00000145. The van der Waals surface area contributed by atoms with E-state index in [9.17, 15) is 28.8 Å². The van der Waals surface area contributed by atoms with Crippen LogP contribution in [-0.2, 0) is 28.8 Å². The van der Waals surface area contributed by atoms with Gasteiger partial charge in [0.2, 0.25) is 23.6 Å². The van der Waals surface area contributed by atoms with Crippen LogP contribution >= 0.6 is 0 Å². The average molecular weight is 562 g/mol. The van der Waals surface area contributed by atoms with Crippen molar-refractivity contribution >= 4 is 41.8 Å². The fourth-order valence-corrected chi connectivity index (χ4v) is 2.87. The minimum atomic E-state index is -1.37. The van der Waals surface area contributed by atoms with Gasteiger partial charge in [-0.15, -0.1) is 0 Å². The Morgan fingerprint density at radius 2 is 1.54 bits per heavy atom. The lowest BCUT2D eigenvalue weighted by molar-refractivity contribution is -0.141. The summed E-state index contributed by atoms with van der Waals surface area (Å²) in [5, 5.41) is 23.0. The zero-order valence-corrected chi connectivity index (χ0v) is 23.5. The molecule has 15 nitrogen and oxygen atoms in total. The molecule has 226 valence electrons. The van der Waals surface area contributed by atoms with Gasteiger partial charge < -0.3 is 47.3 Å². The van der Waals surface area contributed by atoms with Crippen molar-refractivity contribution in [2.75, 3.05) is 39.8 Å². The first-order valence-electron chi connectivity index (χ1n) is 12.9. The Morgan fingerprint density at radius 3 is 2.03 bits per heavy atom. The summed E-state index contributed by atoms with van der Waals surface area (Å²) < 4.78 is 0. The molecule has 1 saturated heterocycles. The summed E-state index contributed by atoms with van der Waals surface area (Å²) in [6.45, 7) is 6.76. The minimum Gasteiger partial charge on any atom is -0.481 e. The second kappa shape index (κ2) is 27.3. The highest BCUT2D eigenvalue weighted by molar-refractivity contribution is 5.94. The molecule has 0 bridgehead atoms. The third-order valence-electron chi connectivity index (χ3n) is 4.62. The molecule has 0 radical (unpaired) electrons. The van der Waals surface area contributed by atoms with E-state index in [4.69, 9.17) is 21.7 Å². The zero-order chi connectivity index (χ0) is 30.6. The van der Waals surface area contributed by atoms with Gasteiger partial charge in [0.25, 0.3) is 0 Å². The minimum absolute atomic E-state index is 0.0264. The summed E-state index contributed by atoms with van der Waals surface area (Å²) >= 11 is 0. The number of carboxylic acids is 1. The van der Waals surface area contributed by atoms with Gasteiger partial charge in [0.15, 0.2) is 5.96 Å². The highest BCUT2D eigenvalue weighted by atomic mass is 16.4. The number of aldehydes is 1. The number of aliphatic carboxylic acids is 1. The van der Waals surface area contributed by atoms with Gasteiger partial charge in [-0.2, -0.15) is 0 Å². The number of hydrogen-bond donors (Lipinski definition) is 7. The molecule has 0 aromatic carbocycles. The number of likely N-dealkylation sites (tertiary alicyclic amines) is 1. The lowest BCUT2D eigenvalue weighted by Crippen LogP contribution is -2.51. The molecule has 1 fully saturated rings. The van der Waals surface area contributed by atoms with E-state index in [-0.39, 0.29) is 30.7 Å². The fraction of sp³-hybridized carbons (Fsp3) is 0.708. The van der Waals surface area contributed by atoms with Crippen molar-refractivity contribution in [3.8, 4) is 0 Å². The molecule has 1 heterocycles. The number of unbranched alkanes of at least 4 members (excludes halogenated alkanes) is 1. The Hall–Kier alpha value is -3.75. The fourth-order valence-electron chi connectivity index (χ4n) is 2.87. The summed E-state index contributed by atoms with van der Waals surface area (Å²) in [6.07, 6.45) is 3.92. The first-order valence-corrected chi connectivity index (χ1v) is 12.9. The SMILES string of the molecule is CC.CCC=O.CO.NC(N)=NCCCCC(=O)NCC(=O)NC(CC(=O)O)C(=O)NCC(=O)N1CCCC1. The van der Waals surface area contributed by atoms with Crippen LogP contribution in [0.15, 0.2) is 4.99 Å². The lowest BCUT2D eigenvalue weighted by atomic mass is 10.2. The highest BCUT2D eigenvalue weighted by Gasteiger charge is 2.25. The molecule has 4 amide bonds. The quantitative estimate of drug-likeness (QED) is 0.0558. The number of amides is 4. The molecule has 1 aliphatic heterocycles. The zero-order valence-electron chi connectivity index (χ0n) is 23.5. The van der Waals surface area contributed by atoms with Crippen molar-refractivity contribution in [2.24, 2.45) is 16.5 Å². The van der Waals surface area contributed by atoms with Crippen LogP contribution in [-0.4, -0.2) is 103 Å².